The first-order valence-electron chi connectivity index (χ1n) is 10.2. The van der Waals surface area contributed by atoms with Gasteiger partial charge in [0.15, 0.2) is 0 Å². The Hall–Kier alpha value is 0. The summed E-state index contributed by atoms with van der Waals surface area (Å²) in [6.07, 6.45) is 14.1. The molecule has 0 aromatic heterocycles. The van der Waals surface area contributed by atoms with Crippen LogP contribution in [0.1, 0.15) is 78.6 Å². The molecular weight excluding hydrogens is 252 g/mol. The maximum absolute atomic E-state index is 2.65. The SMILES string of the molecule is CCC1CC2CC3C[C@H]4CCCC[C@H]4C(C)C3CC2C1C. The largest absolute Gasteiger partial charge is 0.0651 e. The van der Waals surface area contributed by atoms with Crippen LogP contribution in [0.25, 0.3) is 0 Å². The lowest BCUT2D eigenvalue weighted by molar-refractivity contribution is -0.0339. The Morgan fingerprint density at radius 1 is 0.667 bits per heavy atom. The van der Waals surface area contributed by atoms with Crippen LogP contribution in [-0.4, -0.2) is 0 Å². The van der Waals surface area contributed by atoms with Crippen molar-refractivity contribution in [2.45, 2.75) is 78.6 Å². The fraction of sp³-hybridized carbons (Fsp3) is 1.00. The molecule has 0 heterocycles. The van der Waals surface area contributed by atoms with Gasteiger partial charge in [0.25, 0.3) is 0 Å². The monoisotopic (exact) mass is 288 g/mol. The van der Waals surface area contributed by atoms with Crippen LogP contribution in [-0.2, 0) is 0 Å². The molecule has 0 bridgehead atoms. The maximum Gasteiger partial charge on any atom is -0.0354 e. The highest BCUT2D eigenvalue weighted by Gasteiger charge is 2.51. The molecule has 4 aliphatic rings. The second-order valence-corrected chi connectivity index (χ2v) is 9.39. The summed E-state index contributed by atoms with van der Waals surface area (Å²) in [5.74, 6) is 9.77. The van der Waals surface area contributed by atoms with E-state index in [2.05, 4.69) is 20.8 Å². The van der Waals surface area contributed by atoms with Gasteiger partial charge in [-0.15, -0.1) is 0 Å². The Balaban J connectivity index is 1.52. The van der Waals surface area contributed by atoms with Gasteiger partial charge in [-0.1, -0.05) is 46.5 Å². The second kappa shape index (κ2) is 5.57. The van der Waals surface area contributed by atoms with Crippen molar-refractivity contribution in [3.05, 3.63) is 0 Å². The Bertz CT molecular complexity index is 372. The first-order chi connectivity index (χ1) is 10.2. The number of fused-ring (bicyclic) bond motifs is 3. The van der Waals surface area contributed by atoms with E-state index in [0.717, 1.165) is 53.3 Å². The molecule has 120 valence electrons. The Morgan fingerprint density at radius 2 is 1.33 bits per heavy atom. The van der Waals surface area contributed by atoms with Gasteiger partial charge in [-0.25, -0.2) is 0 Å². The molecule has 4 aliphatic carbocycles. The summed E-state index contributed by atoms with van der Waals surface area (Å²) >= 11 is 0. The summed E-state index contributed by atoms with van der Waals surface area (Å²) in [6.45, 7) is 7.68. The first-order valence-corrected chi connectivity index (χ1v) is 10.2. The molecule has 0 aromatic carbocycles. The molecule has 0 aliphatic heterocycles. The van der Waals surface area contributed by atoms with Crippen molar-refractivity contribution in [2.75, 3.05) is 0 Å². The van der Waals surface area contributed by atoms with Crippen molar-refractivity contribution in [3.8, 4) is 0 Å². The van der Waals surface area contributed by atoms with E-state index in [1.165, 1.54) is 19.3 Å². The summed E-state index contributed by atoms with van der Waals surface area (Å²) in [5.41, 5.74) is 0. The molecule has 9 atom stereocenters. The van der Waals surface area contributed by atoms with Gasteiger partial charge in [-0.05, 0) is 85.4 Å². The number of hydrogen-bond donors (Lipinski definition) is 0. The third-order valence-corrected chi connectivity index (χ3v) is 8.83. The number of hydrogen-bond acceptors (Lipinski definition) is 0. The van der Waals surface area contributed by atoms with Gasteiger partial charge in [-0.2, -0.15) is 0 Å². The number of rotatable bonds is 1. The smallest absolute Gasteiger partial charge is 0.0354 e. The molecule has 0 amide bonds. The van der Waals surface area contributed by atoms with E-state index in [4.69, 9.17) is 0 Å². The molecule has 0 nitrogen and oxygen atoms in total. The third kappa shape index (κ3) is 2.31. The average molecular weight is 289 g/mol. The van der Waals surface area contributed by atoms with Crippen LogP contribution in [0, 0.1) is 53.3 Å². The second-order valence-electron chi connectivity index (χ2n) is 9.39. The lowest BCUT2D eigenvalue weighted by Gasteiger charge is -2.53. The van der Waals surface area contributed by atoms with Crippen molar-refractivity contribution >= 4 is 0 Å². The van der Waals surface area contributed by atoms with Crippen LogP contribution >= 0.6 is 0 Å². The highest BCUT2D eigenvalue weighted by molar-refractivity contribution is 5.00. The molecule has 7 unspecified atom stereocenters. The van der Waals surface area contributed by atoms with Gasteiger partial charge < -0.3 is 0 Å². The molecule has 4 rings (SSSR count). The van der Waals surface area contributed by atoms with Crippen molar-refractivity contribution in [2.24, 2.45) is 53.3 Å². The topological polar surface area (TPSA) is 0 Å². The van der Waals surface area contributed by atoms with Crippen molar-refractivity contribution in [1.29, 1.82) is 0 Å². The zero-order valence-corrected chi connectivity index (χ0v) is 14.6. The quantitative estimate of drug-likeness (QED) is 0.542. The molecule has 0 N–H and O–H groups in total. The normalized spacial score (nSPS) is 56.4. The minimum absolute atomic E-state index is 1.03. The molecule has 0 heteroatoms. The minimum atomic E-state index is 1.03. The zero-order valence-electron chi connectivity index (χ0n) is 14.6. The van der Waals surface area contributed by atoms with Gasteiger partial charge in [0.1, 0.15) is 0 Å². The van der Waals surface area contributed by atoms with E-state index in [9.17, 15) is 0 Å². The molecule has 0 saturated heterocycles. The zero-order chi connectivity index (χ0) is 14.6. The molecule has 4 saturated carbocycles. The molecule has 4 fully saturated rings. The summed E-state index contributed by atoms with van der Waals surface area (Å²) in [5, 5.41) is 0. The van der Waals surface area contributed by atoms with E-state index in [0.29, 0.717) is 0 Å². The Labute approximate surface area is 132 Å². The fourth-order valence-corrected chi connectivity index (χ4v) is 7.69. The van der Waals surface area contributed by atoms with Gasteiger partial charge in [0, 0.05) is 0 Å². The summed E-state index contributed by atoms with van der Waals surface area (Å²) in [4.78, 5) is 0. The standard InChI is InChI=1S/C21H36/c1-4-15-9-17-11-18-10-16-7-5-6-8-19(16)14(3)21(18)12-20(17)13(15)2/h13-21H,4-12H2,1-3H3/t13?,14?,15?,16-,17?,18?,19+,20?,21?/m1/s1. The van der Waals surface area contributed by atoms with Crippen LogP contribution in [0.4, 0.5) is 0 Å². The van der Waals surface area contributed by atoms with E-state index in [1.54, 1.807) is 38.5 Å². The molecule has 21 heavy (non-hydrogen) atoms. The molecule has 0 radical (unpaired) electrons. The lowest BCUT2D eigenvalue weighted by Crippen LogP contribution is -2.45. The van der Waals surface area contributed by atoms with Gasteiger partial charge in [0.05, 0.1) is 0 Å². The lowest BCUT2D eigenvalue weighted by atomic mass is 9.52. The third-order valence-electron chi connectivity index (χ3n) is 8.83. The van der Waals surface area contributed by atoms with Crippen molar-refractivity contribution in [3.63, 3.8) is 0 Å². The van der Waals surface area contributed by atoms with Crippen LogP contribution < -0.4 is 0 Å². The highest BCUT2D eigenvalue weighted by Crippen LogP contribution is 2.59. The minimum Gasteiger partial charge on any atom is -0.0651 e. The fourth-order valence-electron chi connectivity index (χ4n) is 7.69. The van der Waals surface area contributed by atoms with E-state index < -0.39 is 0 Å². The van der Waals surface area contributed by atoms with Crippen LogP contribution in [0.15, 0.2) is 0 Å². The first kappa shape index (κ1) is 14.6. The van der Waals surface area contributed by atoms with Crippen molar-refractivity contribution < 1.29 is 0 Å². The van der Waals surface area contributed by atoms with Crippen LogP contribution in [0.5, 0.6) is 0 Å². The van der Waals surface area contributed by atoms with E-state index in [-0.39, 0.29) is 0 Å². The molecule has 0 aromatic rings. The van der Waals surface area contributed by atoms with Crippen LogP contribution in [0.3, 0.4) is 0 Å². The highest BCUT2D eigenvalue weighted by atomic mass is 14.6. The van der Waals surface area contributed by atoms with Gasteiger partial charge >= 0.3 is 0 Å². The summed E-state index contributed by atoms with van der Waals surface area (Å²) < 4.78 is 0. The van der Waals surface area contributed by atoms with E-state index in [1.807, 2.05) is 0 Å². The van der Waals surface area contributed by atoms with E-state index >= 15 is 0 Å². The average Bonchev–Trinajstić information content (AvgIpc) is 2.82. The maximum atomic E-state index is 2.65. The Kier molecular flexibility index (Phi) is 3.87. The predicted molar refractivity (Wildman–Crippen MR) is 90.0 cm³/mol. The summed E-state index contributed by atoms with van der Waals surface area (Å²) in [6, 6.07) is 0. The van der Waals surface area contributed by atoms with Gasteiger partial charge in [-0.3, -0.25) is 0 Å². The Morgan fingerprint density at radius 3 is 2.14 bits per heavy atom. The molecule has 0 spiro atoms. The van der Waals surface area contributed by atoms with Crippen LogP contribution in [0.2, 0.25) is 0 Å². The van der Waals surface area contributed by atoms with Gasteiger partial charge in [0.2, 0.25) is 0 Å². The van der Waals surface area contributed by atoms with Crippen molar-refractivity contribution in [1.82, 2.24) is 0 Å². The molecular formula is C21H36. The predicted octanol–water partition coefficient (Wildman–Crippen LogP) is 6.16. The summed E-state index contributed by atoms with van der Waals surface area (Å²) in [7, 11) is 0.